The zero-order valence-electron chi connectivity index (χ0n) is 16.2. The second-order valence-corrected chi connectivity index (χ2v) is 8.49. The van der Waals surface area contributed by atoms with Gasteiger partial charge in [-0.1, -0.05) is 11.2 Å². The fraction of sp³-hybridized carbons (Fsp3) is 0.500. The van der Waals surface area contributed by atoms with Crippen LogP contribution < -0.4 is 14.2 Å². The molecular weight excluding hydrogens is 422 g/mol. The van der Waals surface area contributed by atoms with Gasteiger partial charge in [-0.25, -0.2) is 13.1 Å². The van der Waals surface area contributed by atoms with Gasteiger partial charge in [0.25, 0.3) is 0 Å². The molecule has 2 aliphatic heterocycles. The van der Waals surface area contributed by atoms with Crippen LogP contribution in [0.2, 0.25) is 0 Å². The summed E-state index contributed by atoms with van der Waals surface area (Å²) in [7, 11) is -3.75. The molecule has 9 nitrogen and oxygen atoms in total. The average molecular weight is 446 g/mol. The lowest BCUT2D eigenvalue weighted by Crippen LogP contribution is -2.43. The molecule has 4 rings (SSSR count). The quantitative estimate of drug-likeness (QED) is 0.717. The number of aromatic nitrogens is 1. The Hall–Kier alpha value is -1.85. The van der Waals surface area contributed by atoms with Gasteiger partial charge >= 0.3 is 0 Å². The summed E-state index contributed by atoms with van der Waals surface area (Å²) in [6, 6.07) is 5.53. The molecule has 0 aliphatic carbocycles. The highest BCUT2D eigenvalue weighted by Crippen LogP contribution is 2.35. The van der Waals surface area contributed by atoms with Crippen LogP contribution in [-0.2, 0) is 14.8 Å². The minimum absolute atomic E-state index is 0. The van der Waals surface area contributed by atoms with E-state index in [0.717, 1.165) is 5.56 Å². The molecule has 0 spiro atoms. The molecule has 1 fully saturated rings. The number of ether oxygens (including phenoxy) is 3. The summed E-state index contributed by atoms with van der Waals surface area (Å²) in [5, 5.41) is 3.75. The van der Waals surface area contributed by atoms with Crippen LogP contribution in [0, 0.1) is 13.8 Å². The Kier molecular flexibility index (Phi) is 6.69. The van der Waals surface area contributed by atoms with Crippen LogP contribution in [0.4, 0.5) is 0 Å². The fourth-order valence-corrected chi connectivity index (χ4v) is 4.95. The predicted octanol–water partition coefficient (Wildman–Crippen LogP) is 1.79. The highest BCUT2D eigenvalue weighted by Gasteiger charge is 2.29. The third-order valence-corrected chi connectivity index (χ3v) is 6.64. The first-order chi connectivity index (χ1) is 13.5. The molecule has 160 valence electrons. The number of fused-ring (bicyclic) bond motifs is 1. The van der Waals surface area contributed by atoms with Gasteiger partial charge in [0.2, 0.25) is 16.8 Å². The van der Waals surface area contributed by atoms with E-state index in [2.05, 4.69) is 14.8 Å². The van der Waals surface area contributed by atoms with Gasteiger partial charge in [-0.3, -0.25) is 4.90 Å². The SMILES string of the molecule is Cc1noc(C)c1S(=O)(=O)NCC(c1ccc2c(c1)OCO2)N1CCOCC1.Cl. The van der Waals surface area contributed by atoms with Crippen LogP contribution in [0.3, 0.4) is 0 Å². The van der Waals surface area contributed by atoms with Gasteiger partial charge in [0, 0.05) is 25.7 Å². The number of benzene rings is 1. The van der Waals surface area contributed by atoms with Gasteiger partial charge < -0.3 is 18.7 Å². The Bertz CT molecular complexity index is 939. The van der Waals surface area contributed by atoms with Crippen LogP contribution >= 0.6 is 12.4 Å². The molecule has 0 radical (unpaired) electrons. The molecule has 1 N–H and O–H groups in total. The monoisotopic (exact) mass is 445 g/mol. The van der Waals surface area contributed by atoms with E-state index >= 15 is 0 Å². The normalized spacial score (nSPS) is 17.7. The first kappa shape index (κ1) is 21.8. The highest BCUT2D eigenvalue weighted by molar-refractivity contribution is 7.89. The molecule has 1 unspecified atom stereocenters. The van der Waals surface area contributed by atoms with Gasteiger partial charge in [-0.05, 0) is 31.5 Å². The van der Waals surface area contributed by atoms with Gasteiger partial charge in [-0.2, -0.15) is 0 Å². The maximum absolute atomic E-state index is 12.8. The standard InChI is InChI=1S/C18H23N3O6S.ClH/c1-12-18(13(2)27-20-12)28(22,23)19-10-15(21-5-7-24-8-6-21)14-3-4-16-17(9-14)26-11-25-16;/h3-4,9,15,19H,5-8,10-11H2,1-2H3;1H. The number of rotatable bonds is 6. The number of halogens is 1. The minimum Gasteiger partial charge on any atom is -0.454 e. The molecule has 11 heteroatoms. The molecule has 2 aliphatic rings. The van der Waals surface area contributed by atoms with Gasteiger partial charge in [-0.15, -0.1) is 12.4 Å². The molecule has 3 heterocycles. The van der Waals surface area contributed by atoms with Crippen molar-refractivity contribution in [2.45, 2.75) is 24.8 Å². The number of morpholine rings is 1. The number of nitrogens with one attached hydrogen (secondary N) is 1. The Balaban J connectivity index is 0.00000240. The van der Waals surface area contributed by atoms with Crippen molar-refractivity contribution in [3.8, 4) is 11.5 Å². The highest BCUT2D eigenvalue weighted by atomic mass is 35.5. The lowest BCUT2D eigenvalue weighted by molar-refractivity contribution is 0.0171. The van der Waals surface area contributed by atoms with Crippen molar-refractivity contribution >= 4 is 22.4 Å². The van der Waals surface area contributed by atoms with Gasteiger partial charge in [0.15, 0.2) is 17.3 Å². The van der Waals surface area contributed by atoms with E-state index in [9.17, 15) is 8.42 Å². The molecule has 0 bridgehead atoms. The van der Waals surface area contributed by atoms with Crippen molar-refractivity contribution < 1.29 is 27.2 Å². The molecule has 2 aromatic rings. The maximum Gasteiger partial charge on any atom is 0.246 e. The van der Waals surface area contributed by atoms with Crippen molar-refractivity contribution in [1.29, 1.82) is 0 Å². The van der Waals surface area contributed by atoms with E-state index in [0.29, 0.717) is 43.5 Å². The predicted molar refractivity (Wildman–Crippen MR) is 106 cm³/mol. The Labute approximate surface area is 175 Å². The number of hydrogen-bond acceptors (Lipinski definition) is 8. The van der Waals surface area contributed by atoms with E-state index in [1.807, 2.05) is 18.2 Å². The minimum atomic E-state index is -3.75. The third kappa shape index (κ3) is 4.51. The van der Waals surface area contributed by atoms with Crippen LogP contribution in [0.1, 0.15) is 23.1 Å². The molecule has 1 atom stereocenters. The maximum atomic E-state index is 12.8. The van der Waals surface area contributed by atoms with E-state index in [-0.39, 0.29) is 42.4 Å². The second-order valence-electron chi connectivity index (χ2n) is 6.78. The zero-order valence-corrected chi connectivity index (χ0v) is 17.8. The molecule has 0 amide bonds. The summed E-state index contributed by atoms with van der Waals surface area (Å²) in [6.45, 7) is 6.24. The molecule has 0 saturated carbocycles. The summed E-state index contributed by atoms with van der Waals surface area (Å²) in [5.74, 6) is 1.64. The van der Waals surface area contributed by atoms with Crippen LogP contribution in [-0.4, -0.2) is 58.1 Å². The summed E-state index contributed by atoms with van der Waals surface area (Å²) in [5.41, 5.74) is 1.30. The first-order valence-corrected chi connectivity index (χ1v) is 10.6. The number of aryl methyl sites for hydroxylation is 2. The summed E-state index contributed by atoms with van der Waals surface area (Å²) < 4.78 is 49.7. The van der Waals surface area contributed by atoms with E-state index in [1.54, 1.807) is 13.8 Å². The third-order valence-electron chi connectivity index (χ3n) is 4.97. The number of hydrogen-bond donors (Lipinski definition) is 1. The topological polar surface area (TPSA) is 103 Å². The zero-order chi connectivity index (χ0) is 19.7. The molecule has 1 saturated heterocycles. The van der Waals surface area contributed by atoms with Crippen molar-refractivity contribution in [3.05, 3.63) is 35.2 Å². The molecule has 1 aromatic heterocycles. The first-order valence-electron chi connectivity index (χ1n) is 9.09. The Morgan fingerprint density at radius 1 is 1.17 bits per heavy atom. The number of sulfonamides is 1. The van der Waals surface area contributed by atoms with Crippen molar-refractivity contribution in [2.24, 2.45) is 0 Å². The van der Waals surface area contributed by atoms with Crippen molar-refractivity contribution in [1.82, 2.24) is 14.8 Å². The largest absolute Gasteiger partial charge is 0.454 e. The van der Waals surface area contributed by atoms with E-state index < -0.39 is 10.0 Å². The molecule has 29 heavy (non-hydrogen) atoms. The van der Waals surface area contributed by atoms with Crippen LogP contribution in [0.25, 0.3) is 0 Å². The van der Waals surface area contributed by atoms with Crippen molar-refractivity contribution in [3.63, 3.8) is 0 Å². The molecular formula is C18H24ClN3O6S. The smallest absolute Gasteiger partial charge is 0.246 e. The van der Waals surface area contributed by atoms with Crippen LogP contribution in [0.5, 0.6) is 11.5 Å². The summed E-state index contributed by atoms with van der Waals surface area (Å²) >= 11 is 0. The second kappa shape index (κ2) is 8.88. The number of nitrogens with zero attached hydrogens (tertiary/aromatic N) is 2. The molecule has 1 aromatic carbocycles. The van der Waals surface area contributed by atoms with E-state index in [4.69, 9.17) is 18.7 Å². The van der Waals surface area contributed by atoms with Crippen LogP contribution in [0.15, 0.2) is 27.6 Å². The van der Waals surface area contributed by atoms with Crippen molar-refractivity contribution in [2.75, 3.05) is 39.6 Å². The lowest BCUT2D eigenvalue weighted by Gasteiger charge is -2.35. The lowest BCUT2D eigenvalue weighted by atomic mass is 10.0. The Morgan fingerprint density at radius 3 is 2.59 bits per heavy atom. The summed E-state index contributed by atoms with van der Waals surface area (Å²) in [4.78, 5) is 2.30. The summed E-state index contributed by atoms with van der Waals surface area (Å²) in [6.07, 6.45) is 0. The Morgan fingerprint density at radius 2 is 1.90 bits per heavy atom. The fourth-order valence-electron chi connectivity index (χ4n) is 3.59. The average Bonchev–Trinajstić information content (AvgIpc) is 3.28. The van der Waals surface area contributed by atoms with Gasteiger partial charge in [0.05, 0.1) is 13.2 Å². The van der Waals surface area contributed by atoms with Gasteiger partial charge in [0.1, 0.15) is 10.6 Å². The van der Waals surface area contributed by atoms with E-state index in [1.165, 1.54) is 0 Å².